The van der Waals surface area contributed by atoms with Gasteiger partial charge in [0.25, 0.3) is 0 Å². The summed E-state index contributed by atoms with van der Waals surface area (Å²) in [4.78, 5) is 0. The van der Waals surface area contributed by atoms with Crippen molar-refractivity contribution in [1.82, 2.24) is 0 Å². The molecule has 0 aromatic heterocycles. The summed E-state index contributed by atoms with van der Waals surface area (Å²) in [7, 11) is 0. The van der Waals surface area contributed by atoms with Crippen molar-refractivity contribution in [3.05, 3.63) is 34.9 Å². The maximum atomic E-state index is 2.32. The summed E-state index contributed by atoms with van der Waals surface area (Å²) in [5.74, 6) is 1.51. The van der Waals surface area contributed by atoms with Crippen LogP contribution in [0.1, 0.15) is 62.1 Å². The molecule has 0 amide bonds. The molecule has 0 saturated heterocycles. The maximum Gasteiger partial charge on any atom is -0.0156 e. The van der Waals surface area contributed by atoms with Gasteiger partial charge in [-0.3, -0.25) is 0 Å². The summed E-state index contributed by atoms with van der Waals surface area (Å²) >= 11 is 0. The first kappa shape index (κ1) is 9.76. The molecule has 1 aromatic rings. The van der Waals surface area contributed by atoms with Crippen molar-refractivity contribution in [2.24, 2.45) is 0 Å². The van der Waals surface area contributed by atoms with Gasteiger partial charge in [0.05, 0.1) is 0 Å². The third kappa shape index (κ3) is 1.47. The molecule has 0 radical (unpaired) electrons. The number of aryl methyl sites for hydroxylation is 1. The van der Waals surface area contributed by atoms with Gasteiger partial charge in [-0.25, -0.2) is 0 Å². The molecule has 14 heavy (non-hydrogen) atoms. The Balaban J connectivity index is 2.48. The Bertz CT molecular complexity index is 323. The topological polar surface area (TPSA) is 0 Å². The standard InChI is InChI=1S/C14H20/c1-4-11-8-9-12-6-5-7-13(10(2)3)14(11)12/h5-7,10-11H,4,8-9H2,1-3H3. The number of fused-ring (bicyclic) bond motifs is 1. The van der Waals surface area contributed by atoms with Crippen LogP contribution in [0.3, 0.4) is 0 Å². The van der Waals surface area contributed by atoms with Crippen LogP contribution >= 0.6 is 0 Å². The van der Waals surface area contributed by atoms with Gasteiger partial charge in [-0.1, -0.05) is 39.0 Å². The summed E-state index contributed by atoms with van der Waals surface area (Å²) in [6.07, 6.45) is 3.97. The van der Waals surface area contributed by atoms with Crippen LogP contribution in [0.15, 0.2) is 18.2 Å². The van der Waals surface area contributed by atoms with Crippen LogP contribution in [-0.4, -0.2) is 0 Å². The van der Waals surface area contributed by atoms with E-state index in [-0.39, 0.29) is 0 Å². The lowest BCUT2D eigenvalue weighted by molar-refractivity contribution is 0.646. The lowest BCUT2D eigenvalue weighted by Gasteiger charge is -2.16. The summed E-state index contributed by atoms with van der Waals surface area (Å²) in [5, 5.41) is 0. The Hall–Kier alpha value is -0.780. The van der Waals surface area contributed by atoms with Gasteiger partial charge in [-0.05, 0) is 47.8 Å². The van der Waals surface area contributed by atoms with Crippen LogP contribution < -0.4 is 0 Å². The first-order chi connectivity index (χ1) is 6.74. The SMILES string of the molecule is CCC1CCc2cccc(C(C)C)c21. The van der Waals surface area contributed by atoms with Gasteiger partial charge in [0.2, 0.25) is 0 Å². The lowest BCUT2D eigenvalue weighted by Crippen LogP contribution is -1.99. The Morgan fingerprint density at radius 2 is 2.14 bits per heavy atom. The molecule has 2 rings (SSSR count). The second kappa shape index (κ2) is 3.76. The van der Waals surface area contributed by atoms with E-state index in [1.165, 1.54) is 19.3 Å². The quantitative estimate of drug-likeness (QED) is 0.651. The molecule has 0 aliphatic heterocycles. The number of hydrogen-bond donors (Lipinski definition) is 0. The summed E-state index contributed by atoms with van der Waals surface area (Å²) in [5.41, 5.74) is 4.89. The fourth-order valence-corrected chi connectivity index (χ4v) is 2.73. The minimum atomic E-state index is 0.678. The van der Waals surface area contributed by atoms with Gasteiger partial charge in [0.1, 0.15) is 0 Å². The molecule has 1 unspecified atom stereocenters. The molecule has 0 fully saturated rings. The van der Waals surface area contributed by atoms with E-state index < -0.39 is 0 Å². The molecule has 1 aliphatic rings. The molecule has 0 N–H and O–H groups in total. The summed E-state index contributed by atoms with van der Waals surface area (Å²) in [6, 6.07) is 6.86. The molecular formula is C14H20. The molecule has 0 heteroatoms. The van der Waals surface area contributed by atoms with Gasteiger partial charge < -0.3 is 0 Å². The Morgan fingerprint density at radius 3 is 2.79 bits per heavy atom. The van der Waals surface area contributed by atoms with Crippen molar-refractivity contribution in [2.45, 2.75) is 51.9 Å². The Morgan fingerprint density at radius 1 is 1.36 bits per heavy atom. The predicted molar refractivity (Wildman–Crippen MR) is 61.9 cm³/mol. The number of rotatable bonds is 2. The van der Waals surface area contributed by atoms with E-state index in [2.05, 4.69) is 39.0 Å². The van der Waals surface area contributed by atoms with Crippen molar-refractivity contribution >= 4 is 0 Å². The molecule has 1 aromatic carbocycles. The molecule has 1 atom stereocenters. The van der Waals surface area contributed by atoms with E-state index >= 15 is 0 Å². The average molecular weight is 188 g/mol. The van der Waals surface area contributed by atoms with Crippen LogP contribution in [-0.2, 0) is 6.42 Å². The van der Waals surface area contributed by atoms with Crippen molar-refractivity contribution < 1.29 is 0 Å². The van der Waals surface area contributed by atoms with Crippen LogP contribution in [0.5, 0.6) is 0 Å². The van der Waals surface area contributed by atoms with Gasteiger partial charge in [-0.2, -0.15) is 0 Å². The van der Waals surface area contributed by atoms with Gasteiger partial charge >= 0.3 is 0 Å². The minimum Gasteiger partial charge on any atom is -0.0648 e. The highest BCUT2D eigenvalue weighted by Gasteiger charge is 2.24. The van der Waals surface area contributed by atoms with Crippen molar-refractivity contribution in [1.29, 1.82) is 0 Å². The van der Waals surface area contributed by atoms with Crippen LogP contribution in [0, 0.1) is 0 Å². The smallest absolute Gasteiger partial charge is 0.0156 e. The highest BCUT2D eigenvalue weighted by atomic mass is 14.3. The van der Waals surface area contributed by atoms with E-state index in [1.54, 1.807) is 16.7 Å². The van der Waals surface area contributed by atoms with E-state index in [0.29, 0.717) is 5.92 Å². The van der Waals surface area contributed by atoms with Gasteiger partial charge in [-0.15, -0.1) is 0 Å². The van der Waals surface area contributed by atoms with Crippen LogP contribution in [0.4, 0.5) is 0 Å². The highest BCUT2D eigenvalue weighted by molar-refractivity contribution is 5.43. The Labute approximate surface area is 87.3 Å². The fourth-order valence-electron chi connectivity index (χ4n) is 2.73. The molecule has 0 nitrogen and oxygen atoms in total. The molecule has 0 bridgehead atoms. The fraction of sp³-hybridized carbons (Fsp3) is 0.571. The van der Waals surface area contributed by atoms with Crippen molar-refractivity contribution in [3.8, 4) is 0 Å². The van der Waals surface area contributed by atoms with Crippen LogP contribution in [0.2, 0.25) is 0 Å². The highest BCUT2D eigenvalue weighted by Crippen LogP contribution is 2.39. The number of hydrogen-bond acceptors (Lipinski definition) is 0. The second-order valence-corrected chi connectivity index (χ2v) is 4.72. The largest absolute Gasteiger partial charge is 0.0648 e. The average Bonchev–Trinajstić information content (AvgIpc) is 2.59. The van der Waals surface area contributed by atoms with E-state index in [1.807, 2.05) is 0 Å². The summed E-state index contributed by atoms with van der Waals surface area (Å²) < 4.78 is 0. The lowest BCUT2D eigenvalue weighted by atomic mass is 9.88. The molecule has 0 spiro atoms. The van der Waals surface area contributed by atoms with Crippen molar-refractivity contribution in [2.75, 3.05) is 0 Å². The van der Waals surface area contributed by atoms with Gasteiger partial charge in [0, 0.05) is 0 Å². The molecule has 0 heterocycles. The third-order valence-electron chi connectivity index (χ3n) is 3.52. The monoisotopic (exact) mass is 188 g/mol. The van der Waals surface area contributed by atoms with E-state index in [0.717, 1.165) is 5.92 Å². The first-order valence-electron chi connectivity index (χ1n) is 5.85. The zero-order chi connectivity index (χ0) is 10.1. The van der Waals surface area contributed by atoms with E-state index in [9.17, 15) is 0 Å². The predicted octanol–water partition coefficient (Wildman–Crippen LogP) is 4.25. The van der Waals surface area contributed by atoms with E-state index in [4.69, 9.17) is 0 Å². The number of benzene rings is 1. The molecule has 76 valence electrons. The normalized spacial score (nSPS) is 20.1. The minimum absolute atomic E-state index is 0.678. The van der Waals surface area contributed by atoms with Gasteiger partial charge in [0.15, 0.2) is 0 Å². The first-order valence-corrected chi connectivity index (χ1v) is 5.85. The molecule has 1 aliphatic carbocycles. The van der Waals surface area contributed by atoms with Crippen molar-refractivity contribution in [3.63, 3.8) is 0 Å². The molecular weight excluding hydrogens is 168 g/mol. The summed E-state index contributed by atoms with van der Waals surface area (Å²) in [6.45, 7) is 6.93. The Kier molecular flexibility index (Phi) is 2.62. The second-order valence-electron chi connectivity index (χ2n) is 4.72. The third-order valence-corrected chi connectivity index (χ3v) is 3.52. The zero-order valence-electron chi connectivity index (χ0n) is 9.51. The van der Waals surface area contributed by atoms with Crippen LogP contribution in [0.25, 0.3) is 0 Å². The molecule has 0 saturated carbocycles. The zero-order valence-corrected chi connectivity index (χ0v) is 9.51. The maximum absolute atomic E-state index is 2.32.